The normalized spacial score (nSPS) is 15.5. The molecule has 0 amide bonds. The third-order valence-electron chi connectivity index (χ3n) is 2.14. The summed E-state index contributed by atoms with van der Waals surface area (Å²) in [6.07, 6.45) is 1.06. The van der Waals surface area contributed by atoms with E-state index in [9.17, 15) is 0 Å². The predicted molar refractivity (Wildman–Crippen MR) is 57.2 cm³/mol. The first-order valence-electron chi connectivity index (χ1n) is 4.20. The van der Waals surface area contributed by atoms with Crippen molar-refractivity contribution in [1.82, 2.24) is 9.97 Å². The highest BCUT2D eigenvalue weighted by Gasteiger charge is 2.14. The number of H-pyrrole nitrogens is 1. The van der Waals surface area contributed by atoms with Crippen molar-refractivity contribution in [1.29, 1.82) is 0 Å². The van der Waals surface area contributed by atoms with E-state index >= 15 is 0 Å². The lowest BCUT2D eigenvalue weighted by atomic mass is 10.1. The molecule has 3 N–H and O–H groups in total. The molecule has 1 aliphatic rings. The highest BCUT2D eigenvalue weighted by Crippen LogP contribution is 2.24. The van der Waals surface area contributed by atoms with E-state index in [1.807, 2.05) is 11.8 Å². The van der Waals surface area contributed by atoms with Crippen molar-refractivity contribution in [3.63, 3.8) is 0 Å². The van der Waals surface area contributed by atoms with Crippen molar-refractivity contribution in [3.8, 4) is 0 Å². The number of aromatic nitrogens is 2. The monoisotopic (exact) mass is 213 g/mol. The molecule has 1 aromatic heterocycles. The second kappa shape index (κ2) is 3.77. The van der Waals surface area contributed by atoms with Crippen LogP contribution >= 0.6 is 24.0 Å². The Morgan fingerprint density at radius 2 is 2.46 bits per heavy atom. The van der Waals surface area contributed by atoms with Gasteiger partial charge in [-0.1, -0.05) is 0 Å². The van der Waals surface area contributed by atoms with Crippen LogP contribution in [0.1, 0.15) is 17.0 Å². The standard InChI is InChI=1S/C8H11N3S2/c9-3-6-5-1-2-13-4-7(5)11-8(12)10-6/h1-4,9H2,(H,10,11,12). The van der Waals surface area contributed by atoms with Crippen molar-refractivity contribution in [2.75, 3.05) is 5.75 Å². The van der Waals surface area contributed by atoms with E-state index in [2.05, 4.69) is 9.97 Å². The average Bonchev–Trinajstić information content (AvgIpc) is 2.16. The quantitative estimate of drug-likeness (QED) is 0.692. The second-order valence-electron chi connectivity index (χ2n) is 2.95. The van der Waals surface area contributed by atoms with Gasteiger partial charge < -0.3 is 10.7 Å². The largest absolute Gasteiger partial charge is 0.333 e. The number of hydrogen-bond donors (Lipinski definition) is 2. The van der Waals surface area contributed by atoms with Gasteiger partial charge in [0.15, 0.2) is 4.77 Å². The molecule has 0 fully saturated rings. The molecule has 0 atom stereocenters. The summed E-state index contributed by atoms with van der Waals surface area (Å²) >= 11 is 6.94. The number of fused-ring (bicyclic) bond motifs is 1. The van der Waals surface area contributed by atoms with Gasteiger partial charge in [-0.15, -0.1) is 0 Å². The van der Waals surface area contributed by atoms with Gasteiger partial charge in [0, 0.05) is 18.0 Å². The average molecular weight is 213 g/mol. The van der Waals surface area contributed by atoms with Crippen molar-refractivity contribution in [3.05, 3.63) is 21.7 Å². The van der Waals surface area contributed by atoms with Crippen LogP contribution in [0.15, 0.2) is 0 Å². The molecule has 1 aliphatic heterocycles. The number of hydrogen-bond acceptors (Lipinski definition) is 4. The van der Waals surface area contributed by atoms with Crippen LogP contribution in [0.25, 0.3) is 0 Å². The van der Waals surface area contributed by atoms with Crippen molar-refractivity contribution < 1.29 is 0 Å². The lowest BCUT2D eigenvalue weighted by Crippen LogP contribution is -2.13. The number of nitrogens with one attached hydrogen (secondary N) is 1. The first-order valence-corrected chi connectivity index (χ1v) is 5.76. The predicted octanol–water partition coefficient (Wildman–Crippen LogP) is 1.39. The van der Waals surface area contributed by atoms with Crippen LogP contribution < -0.4 is 5.73 Å². The van der Waals surface area contributed by atoms with Crippen molar-refractivity contribution >= 4 is 24.0 Å². The summed E-state index contributed by atoms with van der Waals surface area (Å²) in [5.41, 5.74) is 9.09. The van der Waals surface area contributed by atoms with Gasteiger partial charge in [0.1, 0.15) is 0 Å². The Bertz CT molecular complexity index is 352. The zero-order chi connectivity index (χ0) is 9.26. The van der Waals surface area contributed by atoms with E-state index in [-0.39, 0.29) is 0 Å². The van der Waals surface area contributed by atoms with Gasteiger partial charge in [0.25, 0.3) is 0 Å². The van der Waals surface area contributed by atoms with E-state index in [0.29, 0.717) is 11.3 Å². The Kier molecular flexibility index (Phi) is 2.66. The molecular formula is C8H11N3S2. The van der Waals surface area contributed by atoms with Gasteiger partial charge in [-0.3, -0.25) is 0 Å². The zero-order valence-electron chi connectivity index (χ0n) is 7.17. The molecule has 0 spiro atoms. The van der Waals surface area contributed by atoms with Gasteiger partial charge in [-0.25, -0.2) is 4.98 Å². The highest BCUT2D eigenvalue weighted by atomic mass is 32.2. The van der Waals surface area contributed by atoms with E-state index in [1.165, 1.54) is 11.3 Å². The minimum atomic E-state index is 0.491. The smallest absolute Gasteiger partial charge is 0.197 e. The van der Waals surface area contributed by atoms with Gasteiger partial charge in [0.2, 0.25) is 0 Å². The lowest BCUT2D eigenvalue weighted by molar-refractivity contribution is 0.866. The van der Waals surface area contributed by atoms with Crippen molar-refractivity contribution in [2.24, 2.45) is 5.73 Å². The van der Waals surface area contributed by atoms with Gasteiger partial charge in [-0.05, 0) is 30.0 Å². The summed E-state index contributed by atoms with van der Waals surface area (Å²) in [4.78, 5) is 7.36. The molecule has 0 saturated carbocycles. The van der Waals surface area contributed by atoms with Crippen LogP contribution in [0.5, 0.6) is 0 Å². The molecular weight excluding hydrogens is 202 g/mol. The number of nitrogens with two attached hydrogens (primary N) is 1. The Morgan fingerprint density at radius 3 is 3.23 bits per heavy atom. The van der Waals surface area contributed by atoms with E-state index in [0.717, 1.165) is 23.6 Å². The van der Waals surface area contributed by atoms with Crippen LogP contribution in [-0.4, -0.2) is 15.7 Å². The van der Waals surface area contributed by atoms with Crippen molar-refractivity contribution in [2.45, 2.75) is 18.7 Å². The topological polar surface area (TPSA) is 54.7 Å². The zero-order valence-corrected chi connectivity index (χ0v) is 8.80. The van der Waals surface area contributed by atoms with E-state index in [4.69, 9.17) is 18.0 Å². The van der Waals surface area contributed by atoms with E-state index < -0.39 is 0 Å². The molecule has 0 aliphatic carbocycles. The molecule has 70 valence electrons. The maximum atomic E-state index is 5.61. The molecule has 0 aromatic carbocycles. The Balaban J connectivity index is 2.57. The molecule has 0 radical (unpaired) electrons. The Labute approximate surface area is 86.1 Å². The Morgan fingerprint density at radius 1 is 1.62 bits per heavy atom. The lowest BCUT2D eigenvalue weighted by Gasteiger charge is -2.17. The maximum absolute atomic E-state index is 5.61. The van der Waals surface area contributed by atoms with Gasteiger partial charge in [-0.2, -0.15) is 11.8 Å². The third-order valence-corrected chi connectivity index (χ3v) is 3.32. The molecule has 5 heteroatoms. The molecule has 0 bridgehead atoms. The van der Waals surface area contributed by atoms with Crippen LogP contribution in [-0.2, 0) is 18.7 Å². The number of rotatable bonds is 1. The fourth-order valence-electron chi connectivity index (χ4n) is 1.53. The third kappa shape index (κ3) is 1.77. The summed E-state index contributed by atoms with van der Waals surface area (Å²) in [6, 6.07) is 0. The summed E-state index contributed by atoms with van der Waals surface area (Å²) in [6.45, 7) is 0.491. The fourth-order valence-corrected chi connectivity index (χ4v) is 2.71. The second-order valence-corrected chi connectivity index (χ2v) is 4.44. The van der Waals surface area contributed by atoms with Gasteiger partial charge >= 0.3 is 0 Å². The van der Waals surface area contributed by atoms with Crippen LogP contribution in [0.3, 0.4) is 0 Å². The molecule has 1 aromatic rings. The summed E-state index contributed by atoms with van der Waals surface area (Å²) < 4.78 is 0.557. The SMILES string of the molecule is NCc1nc(=S)[nH]c2c1CCSC2. The summed E-state index contributed by atoms with van der Waals surface area (Å²) in [5, 5.41) is 0. The minimum Gasteiger partial charge on any atom is -0.333 e. The molecule has 2 rings (SSSR count). The summed E-state index contributed by atoms with van der Waals surface area (Å²) in [5.74, 6) is 2.17. The molecule has 0 saturated heterocycles. The number of nitrogens with zero attached hydrogens (tertiary/aromatic N) is 1. The minimum absolute atomic E-state index is 0.491. The van der Waals surface area contributed by atoms with Crippen LogP contribution in [0, 0.1) is 4.77 Å². The van der Waals surface area contributed by atoms with Crippen LogP contribution in [0.4, 0.5) is 0 Å². The van der Waals surface area contributed by atoms with Crippen LogP contribution in [0.2, 0.25) is 0 Å². The molecule has 2 heterocycles. The highest BCUT2D eigenvalue weighted by molar-refractivity contribution is 7.98. The molecule has 13 heavy (non-hydrogen) atoms. The first-order chi connectivity index (χ1) is 6.31. The maximum Gasteiger partial charge on any atom is 0.197 e. The fraction of sp³-hybridized carbons (Fsp3) is 0.500. The van der Waals surface area contributed by atoms with E-state index in [1.54, 1.807) is 0 Å². The molecule has 0 unspecified atom stereocenters. The summed E-state index contributed by atoms with van der Waals surface area (Å²) in [7, 11) is 0. The number of aromatic amines is 1. The first kappa shape index (κ1) is 9.18. The Hall–Kier alpha value is -0.390. The molecule has 3 nitrogen and oxygen atoms in total. The van der Waals surface area contributed by atoms with Gasteiger partial charge in [0.05, 0.1) is 5.69 Å². The number of thioether (sulfide) groups is 1.